The van der Waals surface area contributed by atoms with Crippen molar-refractivity contribution in [2.75, 3.05) is 13.2 Å². The first-order valence-electron chi connectivity index (χ1n) is 6.03. The topological polar surface area (TPSA) is 21.3 Å². The highest BCUT2D eigenvalue weighted by Gasteiger charge is 2.17. The molecule has 1 fully saturated rings. The molecule has 2 nitrogen and oxygen atoms in total. The van der Waals surface area contributed by atoms with Gasteiger partial charge in [0.1, 0.15) is 0 Å². The zero-order chi connectivity index (χ0) is 10.4. The molecule has 2 heteroatoms. The van der Waals surface area contributed by atoms with E-state index in [1.807, 2.05) is 0 Å². The number of nitrogens with one attached hydrogen (secondary N) is 1. The third-order valence-corrected chi connectivity index (χ3v) is 2.85. The van der Waals surface area contributed by atoms with E-state index in [4.69, 9.17) is 4.74 Å². The highest BCUT2D eigenvalue weighted by atomic mass is 16.5. The fraction of sp³-hybridized carbons (Fsp3) is 1.00. The summed E-state index contributed by atoms with van der Waals surface area (Å²) in [6.45, 7) is 8.93. The first-order valence-corrected chi connectivity index (χ1v) is 6.03. The van der Waals surface area contributed by atoms with Crippen molar-refractivity contribution < 1.29 is 4.74 Å². The lowest BCUT2D eigenvalue weighted by Gasteiger charge is -2.18. The van der Waals surface area contributed by atoms with E-state index in [9.17, 15) is 0 Å². The molecule has 0 spiro atoms. The Balaban J connectivity index is 2.00. The number of rotatable bonds is 6. The van der Waals surface area contributed by atoms with E-state index in [1.54, 1.807) is 0 Å². The number of hydrogen-bond donors (Lipinski definition) is 1. The van der Waals surface area contributed by atoms with Gasteiger partial charge in [-0.05, 0) is 45.1 Å². The van der Waals surface area contributed by atoms with E-state index >= 15 is 0 Å². The summed E-state index contributed by atoms with van der Waals surface area (Å²) in [5.41, 5.74) is 0. The van der Waals surface area contributed by atoms with Gasteiger partial charge in [-0.15, -0.1) is 0 Å². The molecule has 84 valence electrons. The quantitative estimate of drug-likeness (QED) is 0.710. The molecule has 0 amide bonds. The van der Waals surface area contributed by atoms with Gasteiger partial charge in [0.2, 0.25) is 0 Å². The van der Waals surface area contributed by atoms with E-state index in [-0.39, 0.29) is 0 Å². The molecule has 0 aromatic heterocycles. The van der Waals surface area contributed by atoms with Gasteiger partial charge in [-0.2, -0.15) is 0 Å². The smallest absolute Gasteiger partial charge is 0.0590 e. The first kappa shape index (κ1) is 12.0. The fourth-order valence-corrected chi connectivity index (χ4v) is 1.93. The van der Waals surface area contributed by atoms with Crippen LogP contribution in [0.1, 0.15) is 46.5 Å². The molecule has 1 N–H and O–H groups in total. The Morgan fingerprint density at radius 1 is 1.36 bits per heavy atom. The van der Waals surface area contributed by atoms with Crippen LogP contribution in [-0.4, -0.2) is 25.3 Å². The minimum Gasteiger partial charge on any atom is -0.378 e. The molecule has 1 saturated heterocycles. The second kappa shape index (κ2) is 6.41. The lowest BCUT2D eigenvalue weighted by Crippen LogP contribution is -2.31. The van der Waals surface area contributed by atoms with E-state index in [2.05, 4.69) is 26.1 Å². The van der Waals surface area contributed by atoms with Gasteiger partial charge in [0.05, 0.1) is 6.10 Å². The van der Waals surface area contributed by atoms with Crippen LogP contribution in [0.25, 0.3) is 0 Å². The van der Waals surface area contributed by atoms with Crippen molar-refractivity contribution in [1.82, 2.24) is 5.32 Å². The number of hydrogen-bond acceptors (Lipinski definition) is 2. The molecule has 0 aromatic rings. The van der Waals surface area contributed by atoms with E-state index < -0.39 is 0 Å². The van der Waals surface area contributed by atoms with Crippen LogP contribution in [0, 0.1) is 5.92 Å². The van der Waals surface area contributed by atoms with E-state index in [1.165, 1.54) is 25.7 Å². The van der Waals surface area contributed by atoms with Crippen molar-refractivity contribution in [3.8, 4) is 0 Å². The molecule has 0 bridgehead atoms. The molecule has 2 atom stereocenters. The average molecular weight is 199 g/mol. The van der Waals surface area contributed by atoms with Gasteiger partial charge in [-0.25, -0.2) is 0 Å². The van der Waals surface area contributed by atoms with Crippen LogP contribution in [0.4, 0.5) is 0 Å². The van der Waals surface area contributed by atoms with Crippen molar-refractivity contribution in [3.63, 3.8) is 0 Å². The van der Waals surface area contributed by atoms with Crippen LogP contribution in [0.15, 0.2) is 0 Å². The highest BCUT2D eigenvalue weighted by molar-refractivity contribution is 4.71. The lowest BCUT2D eigenvalue weighted by molar-refractivity contribution is 0.0962. The van der Waals surface area contributed by atoms with E-state index in [0.717, 1.165) is 19.1 Å². The summed E-state index contributed by atoms with van der Waals surface area (Å²) in [6.07, 6.45) is 5.49. The van der Waals surface area contributed by atoms with Gasteiger partial charge >= 0.3 is 0 Å². The summed E-state index contributed by atoms with van der Waals surface area (Å²) in [6, 6.07) is 0.608. The third-order valence-electron chi connectivity index (χ3n) is 2.85. The number of ether oxygens (including phenoxy) is 1. The molecule has 1 aliphatic rings. The largest absolute Gasteiger partial charge is 0.378 e. The monoisotopic (exact) mass is 199 g/mol. The second-order valence-electron chi connectivity index (χ2n) is 4.91. The summed E-state index contributed by atoms with van der Waals surface area (Å²) in [5, 5.41) is 3.56. The van der Waals surface area contributed by atoms with Gasteiger partial charge in [-0.1, -0.05) is 13.8 Å². The molecule has 1 heterocycles. The maximum absolute atomic E-state index is 5.61. The second-order valence-corrected chi connectivity index (χ2v) is 4.91. The van der Waals surface area contributed by atoms with Gasteiger partial charge < -0.3 is 10.1 Å². The van der Waals surface area contributed by atoms with Crippen LogP contribution in [-0.2, 0) is 4.74 Å². The normalized spacial score (nSPS) is 24.4. The van der Waals surface area contributed by atoms with Crippen LogP contribution in [0.3, 0.4) is 0 Å². The first-order chi connectivity index (χ1) is 6.68. The Kier molecular flexibility index (Phi) is 5.49. The van der Waals surface area contributed by atoms with Gasteiger partial charge in [-0.3, -0.25) is 0 Å². The van der Waals surface area contributed by atoms with Crippen LogP contribution in [0.5, 0.6) is 0 Å². The van der Waals surface area contributed by atoms with Crippen molar-refractivity contribution in [2.45, 2.75) is 58.6 Å². The van der Waals surface area contributed by atoms with Crippen molar-refractivity contribution in [3.05, 3.63) is 0 Å². The van der Waals surface area contributed by atoms with Crippen LogP contribution < -0.4 is 5.32 Å². The van der Waals surface area contributed by atoms with Crippen LogP contribution in [0.2, 0.25) is 0 Å². The molecule has 2 unspecified atom stereocenters. The zero-order valence-corrected chi connectivity index (χ0v) is 9.88. The Hall–Kier alpha value is -0.0800. The van der Waals surface area contributed by atoms with Gasteiger partial charge in [0, 0.05) is 12.6 Å². The fourth-order valence-electron chi connectivity index (χ4n) is 1.93. The molecular weight excluding hydrogens is 174 g/mol. The van der Waals surface area contributed by atoms with E-state index in [0.29, 0.717) is 12.1 Å². The Bertz CT molecular complexity index is 141. The predicted molar refractivity (Wildman–Crippen MR) is 60.5 cm³/mol. The SMILES string of the molecule is CC(C)CCNC(C)CC1CCCO1. The van der Waals surface area contributed by atoms with Crippen molar-refractivity contribution >= 4 is 0 Å². The summed E-state index contributed by atoms with van der Waals surface area (Å²) >= 11 is 0. The van der Waals surface area contributed by atoms with Gasteiger partial charge in [0.25, 0.3) is 0 Å². The Morgan fingerprint density at radius 2 is 2.14 bits per heavy atom. The minimum absolute atomic E-state index is 0.525. The molecule has 0 saturated carbocycles. The molecule has 0 aliphatic carbocycles. The third kappa shape index (κ3) is 4.97. The Labute approximate surface area is 88.4 Å². The molecule has 14 heavy (non-hydrogen) atoms. The highest BCUT2D eigenvalue weighted by Crippen LogP contribution is 2.16. The standard InChI is InChI=1S/C12H25NO/c1-10(2)6-7-13-11(3)9-12-5-4-8-14-12/h10-13H,4-9H2,1-3H3. The molecule has 1 rings (SSSR count). The van der Waals surface area contributed by atoms with Crippen molar-refractivity contribution in [1.29, 1.82) is 0 Å². The molecule has 1 aliphatic heterocycles. The van der Waals surface area contributed by atoms with Crippen LogP contribution >= 0.6 is 0 Å². The summed E-state index contributed by atoms with van der Waals surface area (Å²) in [5.74, 6) is 0.803. The van der Waals surface area contributed by atoms with Crippen molar-refractivity contribution in [2.24, 2.45) is 5.92 Å². The minimum atomic E-state index is 0.525. The predicted octanol–water partition coefficient (Wildman–Crippen LogP) is 2.58. The van der Waals surface area contributed by atoms with Gasteiger partial charge in [0.15, 0.2) is 0 Å². The molecule has 0 aromatic carbocycles. The Morgan fingerprint density at radius 3 is 2.71 bits per heavy atom. The average Bonchev–Trinajstić information content (AvgIpc) is 2.56. The molecular formula is C12H25NO. The molecule has 0 radical (unpaired) electrons. The summed E-state index contributed by atoms with van der Waals surface area (Å²) in [7, 11) is 0. The summed E-state index contributed by atoms with van der Waals surface area (Å²) in [4.78, 5) is 0. The maximum Gasteiger partial charge on any atom is 0.0590 e. The maximum atomic E-state index is 5.61. The lowest BCUT2D eigenvalue weighted by atomic mass is 10.1. The zero-order valence-electron chi connectivity index (χ0n) is 9.88. The summed E-state index contributed by atoms with van der Waals surface area (Å²) < 4.78 is 5.61.